The Labute approximate surface area is 53.6 Å². The maximum atomic E-state index is 8.19. The summed E-state index contributed by atoms with van der Waals surface area (Å²) in [4.78, 5) is 3.99. The summed E-state index contributed by atoms with van der Waals surface area (Å²) in [6.07, 6.45) is 0. The van der Waals surface area contributed by atoms with Crippen LogP contribution in [0.25, 0.3) is 0 Å². The highest BCUT2D eigenvalue weighted by atomic mass is 17.1. The molecule has 2 heteroatoms. The van der Waals surface area contributed by atoms with Crippen LogP contribution in [0.3, 0.4) is 0 Å². The topological polar surface area (TPSA) is 29.5 Å². The molecule has 0 saturated heterocycles. The number of hydrogen-bond acceptors (Lipinski definition) is 2. The second-order valence-electron chi connectivity index (χ2n) is 1.77. The van der Waals surface area contributed by atoms with Crippen molar-refractivity contribution >= 4 is 0 Å². The molecule has 2 nitrogen and oxygen atoms in total. The van der Waals surface area contributed by atoms with Crippen LogP contribution in [0, 0.1) is 13.0 Å². The third kappa shape index (κ3) is 1.21. The van der Waals surface area contributed by atoms with Crippen molar-refractivity contribution in [2.75, 3.05) is 0 Å². The van der Waals surface area contributed by atoms with Gasteiger partial charge in [-0.2, -0.15) is 0 Å². The first-order chi connectivity index (χ1) is 4.34. The van der Waals surface area contributed by atoms with Crippen molar-refractivity contribution in [1.82, 2.24) is 0 Å². The maximum Gasteiger partial charge on any atom is 0.175 e. The van der Waals surface area contributed by atoms with Gasteiger partial charge in [0.2, 0.25) is 0 Å². The van der Waals surface area contributed by atoms with Crippen molar-refractivity contribution < 1.29 is 10.1 Å². The van der Waals surface area contributed by atoms with Gasteiger partial charge in [-0.3, -0.25) is 0 Å². The quantitative estimate of drug-likeness (QED) is 0.454. The summed E-state index contributed by atoms with van der Waals surface area (Å²) in [6.45, 7) is 1.84. The summed E-state index contributed by atoms with van der Waals surface area (Å²) in [5.74, 6) is 0.387. The summed E-state index contributed by atoms with van der Waals surface area (Å²) in [5, 5.41) is 8.19. The molecule has 0 aliphatic rings. The van der Waals surface area contributed by atoms with E-state index in [9.17, 15) is 0 Å². The van der Waals surface area contributed by atoms with E-state index in [2.05, 4.69) is 11.0 Å². The first-order valence-corrected chi connectivity index (χ1v) is 2.63. The van der Waals surface area contributed by atoms with Crippen LogP contribution in [0.4, 0.5) is 0 Å². The molecular formula is C7H7O2. The van der Waals surface area contributed by atoms with Gasteiger partial charge in [0.1, 0.15) is 0 Å². The zero-order valence-electron chi connectivity index (χ0n) is 5.09. The highest BCUT2D eigenvalue weighted by molar-refractivity contribution is 5.29. The molecule has 0 heterocycles. The van der Waals surface area contributed by atoms with Gasteiger partial charge in [0.05, 0.1) is 0 Å². The van der Waals surface area contributed by atoms with Crippen LogP contribution in [-0.2, 0) is 0 Å². The highest BCUT2D eigenvalue weighted by Crippen LogP contribution is 2.13. The second kappa shape index (κ2) is 2.51. The van der Waals surface area contributed by atoms with E-state index in [0.717, 1.165) is 5.56 Å². The Bertz CT molecular complexity index is 196. The van der Waals surface area contributed by atoms with E-state index >= 15 is 0 Å². The molecule has 0 saturated carbocycles. The fourth-order valence-corrected chi connectivity index (χ4v) is 0.604. The highest BCUT2D eigenvalue weighted by Gasteiger charge is 1.93. The molecule has 0 atom stereocenters. The number of rotatable bonds is 1. The smallest absolute Gasteiger partial charge is 0.175 e. The van der Waals surface area contributed by atoms with Crippen LogP contribution >= 0.6 is 0 Å². The van der Waals surface area contributed by atoms with Crippen LogP contribution in [0.5, 0.6) is 5.75 Å². The molecule has 0 aromatic heterocycles. The molecule has 47 valence electrons. The molecule has 0 aliphatic heterocycles. The number of benzene rings is 1. The molecule has 0 aliphatic carbocycles. The first kappa shape index (κ1) is 6.11. The molecule has 0 amide bonds. The Morgan fingerprint density at radius 1 is 1.67 bits per heavy atom. The van der Waals surface area contributed by atoms with Gasteiger partial charge >= 0.3 is 0 Å². The summed E-state index contributed by atoms with van der Waals surface area (Å²) in [7, 11) is 0. The molecule has 1 radical (unpaired) electrons. The molecule has 0 bridgehead atoms. The van der Waals surface area contributed by atoms with Crippen molar-refractivity contribution in [3.05, 3.63) is 29.8 Å². The van der Waals surface area contributed by atoms with Crippen LogP contribution in [0.15, 0.2) is 18.2 Å². The Morgan fingerprint density at radius 2 is 2.44 bits per heavy atom. The molecule has 1 rings (SSSR count). The largest absolute Gasteiger partial charge is 0.339 e. The van der Waals surface area contributed by atoms with Gasteiger partial charge < -0.3 is 4.89 Å². The minimum absolute atomic E-state index is 0.387. The molecule has 1 aromatic rings. The average molecular weight is 123 g/mol. The third-order valence-electron chi connectivity index (χ3n) is 1.11. The van der Waals surface area contributed by atoms with Gasteiger partial charge in [-0.1, -0.05) is 18.2 Å². The molecular weight excluding hydrogens is 116 g/mol. The summed E-state index contributed by atoms with van der Waals surface area (Å²) >= 11 is 0. The van der Waals surface area contributed by atoms with E-state index < -0.39 is 0 Å². The molecule has 0 spiro atoms. The van der Waals surface area contributed by atoms with Crippen LogP contribution < -0.4 is 4.89 Å². The standard InChI is InChI=1S/C7H7O2/c1-6-4-2-3-5-7(6)9-8/h2-4,8H,1H3. The minimum atomic E-state index is 0.387. The lowest BCUT2D eigenvalue weighted by atomic mass is 10.2. The van der Waals surface area contributed by atoms with E-state index in [4.69, 9.17) is 5.26 Å². The van der Waals surface area contributed by atoms with E-state index in [1.165, 1.54) is 0 Å². The number of aryl methyl sites for hydroxylation is 1. The van der Waals surface area contributed by atoms with Gasteiger partial charge in [0, 0.05) is 6.07 Å². The predicted molar refractivity (Wildman–Crippen MR) is 33.3 cm³/mol. The second-order valence-corrected chi connectivity index (χ2v) is 1.77. The van der Waals surface area contributed by atoms with Crippen molar-refractivity contribution in [3.63, 3.8) is 0 Å². The first-order valence-electron chi connectivity index (χ1n) is 2.63. The fourth-order valence-electron chi connectivity index (χ4n) is 0.604. The van der Waals surface area contributed by atoms with Crippen molar-refractivity contribution in [2.45, 2.75) is 6.92 Å². The van der Waals surface area contributed by atoms with Crippen molar-refractivity contribution in [3.8, 4) is 5.75 Å². The third-order valence-corrected chi connectivity index (χ3v) is 1.11. The van der Waals surface area contributed by atoms with E-state index in [-0.39, 0.29) is 0 Å². The lowest BCUT2D eigenvalue weighted by Gasteiger charge is -1.96. The monoisotopic (exact) mass is 123 g/mol. The van der Waals surface area contributed by atoms with E-state index in [1.54, 1.807) is 6.07 Å². The zero-order chi connectivity index (χ0) is 6.69. The van der Waals surface area contributed by atoms with Gasteiger partial charge in [-0.05, 0) is 12.5 Å². The molecule has 0 fully saturated rings. The van der Waals surface area contributed by atoms with Crippen LogP contribution in [0.1, 0.15) is 5.56 Å². The Balaban J connectivity index is 3.01. The molecule has 9 heavy (non-hydrogen) atoms. The predicted octanol–water partition coefficient (Wildman–Crippen LogP) is 1.65. The summed E-state index contributed by atoms with van der Waals surface area (Å²) in [6, 6.07) is 8.06. The maximum absolute atomic E-state index is 8.19. The van der Waals surface area contributed by atoms with Crippen LogP contribution in [0.2, 0.25) is 0 Å². The lowest BCUT2D eigenvalue weighted by molar-refractivity contribution is -0.138. The number of hydrogen-bond donors (Lipinski definition) is 1. The summed E-state index contributed by atoms with van der Waals surface area (Å²) < 4.78 is 0. The molecule has 1 N–H and O–H groups in total. The number of para-hydroxylation sites is 1. The Kier molecular flexibility index (Phi) is 1.70. The Morgan fingerprint density at radius 3 is 2.89 bits per heavy atom. The summed E-state index contributed by atoms with van der Waals surface area (Å²) in [5.41, 5.74) is 0.875. The van der Waals surface area contributed by atoms with Gasteiger partial charge in [0.15, 0.2) is 5.75 Å². The lowest BCUT2D eigenvalue weighted by Crippen LogP contribution is -1.85. The normalized spacial score (nSPS) is 9.11. The zero-order valence-corrected chi connectivity index (χ0v) is 5.09. The van der Waals surface area contributed by atoms with E-state index in [1.807, 2.05) is 19.1 Å². The van der Waals surface area contributed by atoms with E-state index in [0.29, 0.717) is 5.75 Å². The molecule has 1 aromatic carbocycles. The van der Waals surface area contributed by atoms with Crippen molar-refractivity contribution in [1.29, 1.82) is 0 Å². The SMILES string of the molecule is Cc1ccc[c]c1OO. The van der Waals surface area contributed by atoms with Crippen LogP contribution in [-0.4, -0.2) is 5.26 Å². The van der Waals surface area contributed by atoms with Gasteiger partial charge in [-0.15, -0.1) is 0 Å². The van der Waals surface area contributed by atoms with Gasteiger partial charge in [-0.25, -0.2) is 5.26 Å². The van der Waals surface area contributed by atoms with Crippen molar-refractivity contribution in [2.24, 2.45) is 0 Å². The van der Waals surface area contributed by atoms with Gasteiger partial charge in [0.25, 0.3) is 0 Å². The molecule has 0 unspecified atom stereocenters. The Hall–Kier alpha value is -1.02. The average Bonchev–Trinajstić information content (AvgIpc) is 1.89. The minimum Gasteiger partial charge on any atom is -0.339 e. The fraction of sp³-hybridized carbons (Fsp3) is 0.143.